The van der Waals surface area contributed by atoms with Crippen LogP contribution in [0.4, 0.5) is 0 Å². The van der Waals surface area contributed by atoms with Crippen LogP contribution in [-0.2, 0) is 0 Å². The molecule has 2 rings (SSSR count). The molecular formula is C9H6ClN3O. The van der Waals surface area contributed by atoms with Crippen LogP contribution in [0.1, 0.15) is 10.5 Å². The van der Waals surface area contributed by atoms with Crippen LogP contribution in [0.15, 0.2) is 30.5 Å². The second-order valence-electron chi connectivity index (χ2n) is 2.64. The van der Waals surface area contributed by atoms with Crippen molar-refractivity contribution in [2.75, 3.05) is 0 Å². The normalized spacial score (nSPS) is 10.1. The van der Waals surface area contributed by atoms with Crippen LogP contribution >= 0.6 is 11.6 Å². The Morgan fingerprint density at radius 2 is 2.14 bits per heavy atom. The van der Waals surface area contributed by atoms with E-state index < -0.39 is 0 Å². The van der Waals surface area contributed by atoms with E-state index in [1.54, 1.807) is 35.0 Å². The molecule has 14 heavy (non-hydrogen) atoms. The van der Waals surface area contributed by atoms with E-state index in [0.29, 0.717) is 16.7 Å². The van der Waals surface area contributed by atoms with Crippen LogP contribution < -0.4 is 0 Å². The largest absolute Gasteiger partial charge is 0.297 e. The second kappa shape index (κ2) is 3.59. The summed E-state index contributed by atoms with van der Waals surface area (Å²) in [6.45, 7) is 0. The van der Waals surface area contributed by atoms with Crippen molar-refractivity contribution in [2.24, 2.45) is 0 Å². The first kappa shape index (κ1) is 8.90. The van der Waals surface area contributed by atoms with Gasteiger partial charge in [-0.05, 0) is 24.3 Å². The number of carbonyl (C=O) groups is 1. The number of aromatic nitrogens is 3. The summed E-state index contributed by atoms with van der Waals surface area (Å²) in [5.41, 5.74) is 0.529. The fourth-order valence-corrected chi connectivity index (χ4v) is 1.24. The lowest BCUT2D eigenvalue weighted by molar-refractivity contribution is 0.111. The van der Waals surface area contributed by atoms with Crippen molar-refractivity contribution >= 4 is 17.9 Å². The number of halogens is 1. The van der Waals surface area contributed by atoms with Gasteiger partial charge < -0.3 is 0 Å². The third kappa shape index (κ3) is 1.52. The zero-order chi connectivity index (χ0) is 9.97. The van der Waals surface area contributed by atoms with E-state index in [-0.39, 0.29) is 0 Å². The summed E-state index contributed by atoms with van der Waals surface area (Å²) in [5.74, 6) is 0.571. The van der Waals surface area contributed by atoms with Gasteiger partial charge in [0.1, 0.15) is 0 Å². The fourth-order valence-electron chi connectivity index (χ4n) is 1.14. The van der Waals surface area contributed by atoms with Gasteiger partial charge in [0.05, 0.1) is 5.69 Å². The Labute approximate surface area is 85.1 Å². The average Bonchev–Trinajstić information content (AvgIpc) is 2.67. The molecule has 0 aliphatic rings. The Bertz CT molecular complexity index is 449. The van der Waals surface area contributed by atoms with Crippen molar-refractivity contribution in [3.05, 3.63) is 41.3 Å². The zero-order valence-corrected chi connectivity index (χ0v) is 7.85. The van der Waals surface area contributed by atoms with Crippen molar-refractivity contribution < 1.29 is 4.79 Å². The van der Waals surface area contributed by atoms with Gasteiger partial charge in [0.15, 0.2) is 17.3 Å². The molecule has 0 saturated carbocycles. The molecule has 0 unspecified atom stereocenters. The quantitative estimate of drug-likeness (QED) is 0.705. The molecule has 70 valence electrons. The van der Waals surface area contributed by atoms with Crippen LogP contribution in [0.2, 0.25) is 5.15 Å². The van der Waals surface area contributed by atoms with Gasteiger partial charge in [-0.1, -0.05) is 11.6 Å². The van der Waals surface area contributed by atoms with Crippen LogP contribution in [-0.4, -0.2) is 21.1 Å². The maximum atomic E-state index is 10.6. The fraction of sp³-hybridized carbons (Fsp3) is 0. The van der Waals surface area contributed by atoms with Gasteiger partial charge in [0.25, 0.3) is 0 Å². The van der Waals surface area contributed by atoms with Crippen molar-refractivity contribution in [1.82, 2.24) is 14.8 Å². The maximum absolute atomic E-state index is 10.6. The summed E-state index contributed by atoms with van der Waals surface area (Å²) in [7, 11) is 0. The predicted octanol–water partition coefficient (Wildman–Crippen LogP) is 1.73. The Morgan fingerprint density at radius 1 is 1.29 bits per heavy atom. The Balaban J connectivity index is 2.49. The van der Waals surface area contributed by atoms with Crippen molar-refractivity contribution in [3.8, 4) is 5.82 Å². The van der Waals surface area contributed by atoms with Crippen LogP contribution in [0.5, 0.6) is 0 Å². The van der Waals surface area contributed by atoms with E-state index in [1.165, 1.54) is 0 Å². The highest BCUT2D eigenvalue weighted by Crippen LogP contribution is 2.09. The summed E-state index contributed by atoms with van der Waals surface area (Å²) < 4.78 is 1.64. The third-order valence-electron chi connectivity index (χ3n) is 1.77. The van der Waals surface area contributed by atoms with Crippen LogP contribution in [0.3, 0.4) is 0 Å². The average molecular weight is 208 g/mol. The van der Waals surface area contributed by atoms with Gasteiger partial charge in [-0.2, -0.15) is 0 Å². The van der Waals surface area contributed by atoms with E-state index >= 15 is 0 Å². The van der Waals surface area contributed by atoms with Gasteiger partial charge in [0, 0.05) is 6.20 Å². The molecule has 0 amide bonds. The summed E-state index contributed by atoms with van der Waals surface area (Å²) in [6.07, 6.45) is 2.50. The number of nitrogens with zero attached hydrogens (tertiary/aromatic N) is 3. The smallest absolute Gasteiger partial charge is 0.166 e. The van der Waals surface area contributed by atoms with Gasteiger partial charge in [-0.3, -0.25) is 9.36 Å². The lowest BCUT2D eigenvalue weighted by Gasteiger charge is -2.01. The molecule has 2 aromatic heterocycles. The topological polar surface area (TPSA) is 47.8 Å². The third-order valence-corrected chi connectivity index (χ3v) is 1.97. The van der Waals surface area contributed by atoms with Gasteiger partial charge in [-0.15, -0.1) is 10.2 Å². The predicted molar refractivity (Wildman–Crippen MR) is 51.8 cm³/mol. The van der Waals surface area contributed by atoms with E-state index in [0.717, 1.165) is 6.29 Å². The summed E-state index contributed by atoms with van der Waals surface area (Å²) in [6, 6.07) is 6.78. The lowest BCUT2D eigenvalue weighted by atomic mass is 10.4. The molecule has 0 atom stereocenters. The minimum Gasteiger partial charge on any atom is -0.297 e. The van der Waals surface area contributed by atoms with Gasteiger partial charge in [-0.25, -0.2) is 0 Å². The van der Waals surface area contributed by atoms with Crippen molar-refractivity contribution in [2.45, 2.75) is 0 Å². The van der Waals surface area contributed by atoms with Crippen molar-refractivity contribution in [3.63, 3.8) is 0 Å². The Kier molecular flexibility index (Phi) is 2.28. The SMILES string of the molecule is O=Cc1cccn1-c1ccc(Cl)nn1. The zero-order valence-electron chi connectivity index (χ0n) is 7.09. The summed E-state index contributed by atoms with van der Waals surface area (Å²) in [5, 5.41) is 7.87. The molecule has 0 aliphatic heterocycles. The van der Waals surface area contributed by atoms with E-state index in [2.05, 4.69) is 10.2 Å². The first-order valence-electron chi connectivity index (χ1n) is 3.93. The minimum atomic E-state index is 0.327. The van der Waals surface area contributed by atoms with Crippen LogP contribution in [0, 0.1) is 0 Å². The molecular weight excluding hydrogens is 202 g/mol. The molecule has 0 spiro atoms. The molecule has 0 saturated heterocycles. The van der Waals surface area contributed by atoms with Crippen LogP contribution in [0.25, 0.3) is 5.82 Å². The first-order chi connectivity index (χ1) is 6.81. The van der Waals surface area contributed by atoms with E-state index in [4.69, 9.17) is 11.6 Å². The monoisotopic (exact) mass is 207 g/mol. The molecule has 0 radical (unpaired) electrons. The number of aldehydes is 1. The highest BCUT2D eigenvalue weighted by Gasteiger charge is 2.03. The summed E-state index contributed by atoms with van der Waals surface area (Å²) in [4.78, 5) is 10.6. The van der Waals surface area contributed by atoms with E-state index in [9.17, 15) is 4.79 Å². The number of hydrogen-bond acceptors (Lipinski definition) is 3. The molecule has 0 aliphatic carbocycles. The molecule has 2 heterocycles. The number of carbonyl (C=O) groups excluding carboxylic acids is 1. The first-order valence-corrected chi connectivity index (χ1v) is 4.31. The minimum absolute atomic E-state index is 0.327. The molecule has 2 aromatic rings. The van der Waals surface area contributed by atoms with Gasteiger partial charge >= 0.3 is 0 Å². The van der Waals surface area contributed by atoms with Gasteiger partial charge in [0.2, 0.25) is 0 Å². The molecule has 5 heteroatoms. The Hall–Kier alpha value is -1.68. The standard InChI is InChI=1S/C9H6ClN3O/c10-8-3-4-9(12-11-8)13-5-1-2-7(13)6-14/h1-6H. The Morgan fingerprint density at radius 3 is 2.79 bits per heavy atom. The molecule has 0 bridgehead atoms. The second-order valence-corrected chi connectivity index (χ2v) is 3.02. The van der Waals surface area contributed by atoms with Crippen molar-refractivity contribution in [1.29, 1.82) is 0 Å². The molecule has 0 N–H and O–H groups in total. The van der Waals surface area contributed by atoms with E-state index in [1.807, 2.05) is 0 Å². The number of rotatable bonds is 2. The number of hydrogen-bond donors (Lipinski definition) is 0. The highest BCUT2D eigenvalue weighted by atomic mass is 35.5. The lowest BCUT2D eigenvalue weighted by Crippen LogP contribution is -2.01. The molecule has 0 fully saturated rings. The molecule has 0 aromatic carbocycles. The summed E-state index contributed by atoms with van der Waals surface area (Å²) >= 11 is 5.59. The maximum Gasteiger partial charge on any atom is 0.166 e. The highest BCUT2D eigenvalue weighted by molar-refractivity contribution is 6.29. The molecule has 4 nitrogen and oxygen atoms in total.